The summed E-state index contributed by atoms with van der Waals surface area (Å²) in [5.74, 6) is 0. The van der Waals surface area contributed by atoms with Gasteiger partial charge >= 0.3 is 6.03 Å². The normalized spacial score (nSPS) is 17.3. The van der Waals surface area contributed by atoms with Gasteiger partial charge in [0.1, 0.15) is 17.7 Å². The van der Waals surface area contributed by atoms with Crippen molar-refractivity contribution < 1.29 is 13.9 Å². The summed E-state index contributed by atoms with van der Waals surface area (Å²) in [5.41, 5.74) is 3.80. The van der Waals surface area contributed by atoms with Crippen LogP contribution in [0.25, 0.3) is 11.4 Å². The van der Waals surface area contributed by atoms with Crippen LogP contribution in [0.1, 0.15) is 43.4 Å². The number of rotatable bonds is 6. The van der Waals surface area contributed by atoms with Crippen LogP contribution < -0.4 is 5.32 Å². The topological polar surface area (TPSA) is 85.4 Å². The first-order chi connectivity index (χ1) is 13.3. The van der Waals surface area contributed by atoms with Crippen molar-refractivity contribution >= 4 is 6.03 Å². The quantitative estimate of drug-likeness (QED) is 0.787. The number of carbonyl (C=O) groups is 1. The largest absolute Gasteiger partial charge is 0.451 e. The minimum atomic E-state index is 0.0331. The van der Waals surface area contributed by atoms with Crippen LogP contribution in [0, 0.1) is 0 Å². The van der Waals surface area contributed by atoms with Gasteiger partial charge in [0.15, 0.2) is 6.39 Å². The van der Waals surface area contributed by atoms with Gasteiger partial charge < -0.3 is 19.4 Å². The lowest BCUT2D eigenvalue weighted by Gasteiger charge is -2.29. The number of aromatic nitrogens is 3. The third-order valence-electron chi connectivity index (χ3n) is 5.50. The monoisotopic (exact) mass is 373 g/mol. The van der Waals surface area contributed by atoms with Crippen molar-refractivity contribution in [1.29, 1.82) is 0 Å². The number of amides is 2. The molecule has 2 aromatic heterocycles. The number of hydrogen-bond donors (Lipinski definition) is 1. The van der Waals surface area contributed by atoms with Gasteiger partial charge in [-0.2, -0.15) is 5.10 Å². The Morgan fingerprint density at radius 2 is 2.26 bits per heavy atom. The van der Waals surface area contributed by atoms with Gasteiger partial charge in [0.2, 0.25) is 0 Å². The van der Waals surface area contributed by atoms with Crippen molar-refractivity contribution in [2.24, 2.45) is 0 Å². The molecule has 3 heterocycles. The summed E-state index contributed by atoms with van der Waals surface area (Å²) in [5, 5.41) is 7.97. The molecule has 0 unspecified atom stereocenters. The van der Waals surface area contributed by atoms with Crippen molar-refractivity contribution in [2.75, 3.05) is 20.3 Å². The zero-order valence-electron chi connectivity index (χ0n) is 15.8. The van der Waals surface area contributed by atoms with Crippen LogP contribution in [0.3, 0.4) is 0 Å². The van der Waals surface area contributed by atoms with Crippen molar-refractivity contribution in [3.05, 3.63) is 23.9 Å². The van der Waals surface area contributed by atoms with E-state index in [-0.39, 0.29) is 6.03 Å². The number of ether oxygens (including phenoxy) is 1. The van der Waals surface area contributed by atoms with Gasteiger partial charge in [-0.3, -0.25) is 4.68 Å². The Hall–Kier alpha value is -2.35. The molecule has 0 saturated heterocycles. The van der Waals surface area contributed by atoms with Crippen molar-refractivity contribution in [1.82, 2.24) is 25.0 Å². The van der Waals surface area contributed by atoms with Gasteiger partial charge in [-0.25, -0.2) is 9.78 Å². The molecule has 1 aliphatic carbocycles. The highest BCUT2D eigenvalue weighted by molar-refractivity contribution is 5.75. The zero-order chi connectivity index (χ0) is 18.6. The number of hydrogen-bond acceptors (Lipinski definition) is 5. The summed E-state index contributed by atoms with van der Waals surface area (Å²) >= 11 is 0. The second kappa shape index (κ2) is 8.12. The molecule has 2 amide bonds. The summed E-state index contributed by atoms with van der Waals surface area (Å²) in [4.78, 5) is 18.9. The maximum absolute atomic E-state index is 12.7. The second-order valence-corrected chi connectivity index (χ2v) is 7.32. The Labute approximate surface area is 158 Å². The van der Waals surface area contributed by atoms with E-state index in [1.54, 1.807) is 13.4 Å². The van der Waals surface area contributed by atoms with Crippen LogP contribution >= 0.6 is 0 Å². The predicted octanol–water partition coefficient (Wildman–Crippen LogP) is 2.58. The molecule has 0 atom stereocenters. The number of carbonyl (C=O) groups excluding carboxylic acids is 1. The Balaban J connectivity index is 1.54. The standard InChI is InChI=1S/C19H27N5O3/c1-26-10-4-8-24-17-7-9-23(19(25)21-14-5-2-3-6-14)11-15(17)18(22-24)16-12-27-13-20-16/h12-14H,2-11H2,1H3,(H,21,25). The van der Waals surface area contributed by atoms with Crippen LogP contribution in [-0.4, -0.2) is 52.0 Å². The summed E-state index contributed by atoms with van der Waals surface area (Å²) in [6.07, 6.45) is 9.32. The third-order valence-corrected chi connectivity index (χ3v) is 5.50. The molecule has 1 fully saturated rings. The number of nitrogens with one attached hydrogen (secondary N) is 1. The molecule has 8 nitrogen and oxygen atoms in total. The highest BCUT2D eigenvalue weighted by Gasteiger charge is 2.30. The molecule has 1 N–H and O–H groups in total. The van der Waals surface area contributed by atoms with Crippen molar-refractivity contribution in [2.45, 2.75) is 57.7 Å². The highest BCUT2D eigenvalue weighted by Crippen LogP contribution is 2.29. The fourth-order valence-corrected chi connectivity index (χ4v) is 4.08. The lowest BCUT2D eigenvalue weighted by Crippen LogP contribution is -2.46. The number of urea groups is 1. The fraction of sp³-hybridized carbons (Fsp3) is 0.632. The molecule has 1 saturated carbocycles. The van der Waals surface area contributed by atoms with E-state index in [1.165, 1.54) is 24.9 Å². The molecule has 0 radical (unpaired) electrons. The van der Waals surface area contributed by atoms with E-state index < -0.39 is 0 Å². The number of fused-ring (bicyclic) bond motifs is 1. The Morgan fingerprint density at radius 3 is 3.00 bits per heavy atom. The van der Waals surface area contributed by atoms with Crippen LogP contribution in [0.2, 0.25) is 0 Å². The van der Waals surface area contributed by atoms with E-state index in [0.29, 0.717) is 25.7 Å². The smallest absolute Gasteiger partial charge is 0.317 e. The molecular formula is C19H27N5O3. The van der Waals surface area contributed by atoms with Crippen LogP contribution in [-0.2, 0) is 24.2 Å². The average molecular weight is 373 g/mol. The fourth-order valence-electron chi connectivity index (χ4n) is 4.08. The van der Waals surface area contributed by atoms with E-state index in [1.807, 2.05) is 9.58 Å². The second-order valence-electron chi connectivity index (χ2n) is 7.32. The molecule has 1 aliphatic heterocycles. The molecule has 0 spiro atoms. The minimum absolute atomic E-state index is 0.0331. The predicted molar refractivity (Wildman–Crippen MR) is 99.1 cm³/mol. The number of nitrogens with zero attached hydrogens (tertiary/aromatic N) is 4. The number of oxazole rings is 1. The van der Waals surface area contributed by atoms with Gasteiger partial charge in [-0.05, 0) is 19.3 Å². The summed E-state index contributed by atoms with van der Waals surface area (Å²) in [6, 6.07) is 0.358. The molecule has 0 aromatic carbocycles. The first-order valence-electron chi connectivity index (χ1n) is 9.77. The van der Waals surface area contributed by atoms with Crippen molar-refractivity contribution in [3.8, 4) is 11.4 Å². The Bertz CT molecular complexity index is 765. The summed E-state index contributed by atoms with van der Waals surface area (Å²) < 4.78 is 12.4. The molecular weight excluding hydrogens is 346 g/mol. The minimum Gasteiger partial charge on any atom is -0.451 e. The van der Waals surface area contributed by atoms with E-state index in [9.17, 15) is 4.79 Å². The average Bonchev–Trinajstić information content (AvgIpc) is 3.42. The van der Waals surface area contributed by atoms with Crippen LogP contribution in [0.5, 0.6) is 0 Å². The number of methoxy groups -OCH3 is 1. The van der Waals surface area contributed by atoms with Crippen LogP contribution in [0.4, 0.5) is 4.79 Å². The molecule has 0 bridgehead atoms. The molecule has 146 valence electrons. The zero-order valence-corrected chi connectivity index (χ0v) is 15.8. The molecule has 27 heavy (non-hydrogen) atoms. The third kappa shape index (κ3) is 3.85. The first-order valence-corrected chi connectivity index (χ1v) is 9.77. The lowest BCUT2D eigenvalue weighted by atomic mass is 10.0. The number of aryl methyl sites for hydroxylation is 1. The molecule has 4 rings (SSSR count). The maximum Gasteiger partial charge on any atom is 0.317 e. The van der Waals surface area contributed by atoms with Gasteiger partial charge in [0.25, 0.3) is 0 Å². The van der Waals surface area contributed by atoms with Crippen LogP contribution in [0.15, 0.2) is 17.1 Å². The van der Waals surface area contributed by atoms with Gasteiger partial charge in [-0.15, -0.1) is 0 Å². The maximum atomic E-state index is 12.7. The SMILES string of the molecule is COCCCn1nc(-c2cocn2)c2c1CCN(C(=O)NC1CCCC1)C2. The van der Waals surface area contributed by atoms with E-state index in [2.05, 4.69) is 10.3 Å². The lowest BCUT2D eigenvalue weighted by molar-refractivity contribution is 0.185. The van der Waals surface area contributed by atoms with E-state index >= 15 is 0 Å². The first kappa shape index (κ1) is 18.0. The molecule has 8 heteroatoms. The molecule has 2 aliphatic rings. The van der Waals surface area contributed by atoms with Crippen molar-refractivity contribution in [3.63, 3.8) is 0 Å². The highest BCUT2D eigenvalue weighted by atomic mass is 16.5. The summed E-state index contributed by atoms with van der Waals surface area (Å²) in [7, 11) is 1.71. The molecule has 2 aromatic rings. The van der Waals surface area contributed by atoms with E-state index in [4.69, 9.17) is 14.3 Å². The Morgan fingerprint density at radius 1 is 1.41 bits per heavy atom. The van der Waals surface area contributed by atoms with Gasteiger partial charge in [-0.1, -0.05) is 12.8 Å². The Kier molecular flexibility index (Phi) is 5.42. The van der Waals surface area contributed by atoms with E-state index in [0.717, 1.165) is 49.2 Å². The van der Waals surface area contributed by atoms with Gasteiger partial charge in [0, 0.05) is 50.5 Å². The van der Waals surface area contributed by atoms with Gasteiger partial charge in [0.05, 0.1) is 6.54 Å². The summed E-state index contributed by atoms with van der Waals surface area (Å²) in [6.45, 7) is 2.76.